The highest BCUT2D eigenvalue weighted by atomic mass is 32.2. The summed E-state index contributed by atoms with van der Waals surface area (Å²) in [6.07, 6.45) is 0.0739. The molecule has 1 unspecified atom stereocenters. The lowest BCUT2D eigenvalue weighted by Gasteiger charge is -2.37. The zero-order valence-electron chi connectivity index (χ0n) is 11.3. The van der Waals surface area contributed by atoms with Crippen LogP contribution in [0.5, 0.6) is 0 Å². The Labute approximate surface area is 109 Å². The van der Waals surface area contributed by atoms with E-state index in [2.05, 4.69) is 0 Å². The highest BCUT2D eigenvalue weighted by molar-refractivity contribution is 7.87. The van der Waals surface area contributed by atoms with E-state index in [9.17, 15) is 21.4 Å². The van der Waals surface area contributed by atoms with Crippen LogP contribution in [0.15, 0.2) is 0 Å². The fraction of sp³-hybridized carbons (Fsp3) is 1.00. The topological polar surface area (TPSA) is 109 Å². The van der Waals surface area contributed by atoms with E-state index in [1.165, 1.54) is 13.8 Å². The van der Waals surface area contributed by atoms with Gasteiger partial charge in [-0.15, -0.1) is 0 Å². The van der Waals surface area contributed by atoms with Crippen molar-refractivity contribution in [2.45, 2.75) is 57.5 Å². The van der Waals surface area contributed by atoms with Crippen molar-refractivity contribution in [2.75, 3.05) is 0 Å². The van der Waals surface area contributed by atoms with Gasteiger partial charge in [-0.2, -0.15) is 16.8 Å². The first-order chi connectivity index (χ1) is 7.65. The quantitative estimate of drug-likeness (QED) is 0.723. The molecule has 0 fully saturated rings. The average Bonchev–Trinajstić information content (AvgIpc) is 1.95. The van der Waals surface area contributed by atoms with Gasteiger partial charge in [0.25, 0.3) is 20.2 Å². The van der Waals surface area contributed by atoms with Gasteiger partial charge in [0.05, 0.1) is 10.00 Å². The van der Waals surface area contributed by atoms with E-state index in [-0.39, 0.29) is 12.8 Å². The minimum atomic E-state index is -4.30. The molecule has 0 aromatic rings. The smallest absolute Gasteiger partial charge is 0.270 e. The lowest BCUT2D eigenvalue weighted by Crippen LogP contribution is -2.44. The molecular weight excluding hydrogens is 280 g/mol. The van der Waals surface area contributed by atoms with Crippen molar-refractivity contribution in [3.05, 3.63) is 0 Å². The lowest BCUT2D eigenvalue weighted by atomic mass is 9.79. The molecule has 0 saturated heterocycles. The van der Waals surface area contributed by atoms with Crippen molar-refractivity contribution in [3.8, 4) is 0 Å². The van der Waals surface area contributed by atoms with Crippen molar-refractivity contribution in [3.63, 3.8) is 0 Å². The molecule has 2 N–H and O–H groups in total. The Hall–Kier alpha value is -0.180. The van der Waals surface area contributed by atoms with Gasteiger partial charge >= 0.3 is 0 Å². The molecule has 18 heavy (non-hydrogen) atoms. The molecule has 0 heterocycles. The van der Waals surface area contributed by atoms with Gasteiger partial charge in [0.15, 0.2) is 0 Å². The lowest BCUT2D eigenvalue weighted by molar-refractivity contribution is 0.256. The highest BCUT2D eigenvalue weighted by Crippen LogP contribution is 2.38. The van der Waals surface area contributed by atoms with Crippen molar-refractivity contribution < 1.29 is 25.9 Å². The minimum Gasteiger partial charge on any atom is -0.285 e. The van der Waals surface area contributed by atoms with E-state index in [1.807, 2.05) is 0 Å². The summed E-state index contributed by atoms with van der Waals surface area (Å²) in [5, 5.41) is -1.08. The maximum Gasteiger partial charge on any atom is 0.270 e. The number of rotatable bonds is 6. The Morgan fingerprint density at radius 3 is 1.61 bits per heavy atom. The second kappa shape index (κ2) is 5.07. The van der Waals surface area contributed by atoms with E-state index in [0.717, 1.165) is 0 Å². The summed E-state index contributed by atoms with van der Waals surface area (Å²) in [4.78, 5) is 0. The summed E-state index contributed by atoms with van der Waals surface area (Å²) in [5.41, 5.74) is -0.984. The Morgan fingerprint density at radius 2 is 1.39 bits per heavy atom. The van der Waals surface area contributed by atoms with Crippen LogP contribution in [0.2, 0.25) is 0 Å². The third kappa shape index (κ3) is 4.18. The first-order valence-electron chi connectivity index (χ1n) is 5.58. The van der Waals surface area contributed by atoms with Crippen LogP contribution < -0.4 is 0 Å². The second-order valence-corrected chi connectivity index (χ2v) is 9.47. The number of hydrogen-bond donors (Lipinski definition) is 2. The average molecular weight is 302 g/mol. The third-order valence-electron chi connectivity index (χ3n) is 3.18. The van der Waals surface area contributed by atoms with Crippen molar-refractivity contribution in [2.24, 2.45) is 5.41 Å². The molecule has 8 heteroatoms. The van der Waals surface area contributed by atoms with Crippen LogP contribution in [-0.4, -0.2) is 35.9 Å². The Kier molecular flexibility index (Phi) is 5.02. The van der Waals surface area contributed by atoms with Crippen molar-refractivity contribution in [1.29, 1.82) is 0 Å². The zero-order chi connectivity index (χ0) is 15.0. The minimum absolute atomic E-state index is 0.0862. The van der Waals surface area contributed by atoms with Crippen LogP contribution in [0.3, 0.4) is 0 Å². The van der Waals surface area contributed by atoms with Gasteiger partial charge in [0.1, 0.15) is 0 Å². The van der Waals surface area contributed by atoms with Crippen LogP contribution in [-0.2, 0) is 20.2 Å². The highest BCUT2D eigenvalue weighted by Gasteiger charge is 2.45. The van der Waals surface area contributed by atoms with Crippen LogP contribution in [0.4, 0.5) is 0 Å². The molecule has 0 spiro atoms. The maximum absolute atomic E-state index is 11.3. The molecule has 0 aliphatic heterocycles. The first-order valence-corrected chi connectivity index (χ1v) is 8.53. The molecule has 0 amide bonds. The fourth-order valence-corrected chi connectivity index (χ4v) is 4.33. The molecule has 0 aliphatic carbocycles. The molecular formula is C10H22O6S2. The number of hydrogen-bond acceptors (Lipinski definition) is 4. The zero-order valence-corrected chi connectivity index (χ0v) is 13.0. The van der Waals surface area contributed by atoms with E-state index in [1.54, 1.807) is 20.8 Å². The van der Waals surface area contributed by atoms with Gasteiger partial charge in [0, 0.05) is 0 Å². The van der Waals surface area contributed by atoms with Gasteiger partial charge in [-0.05, 0) is 32.1 Å². The van der Waals surface area contributed by atoms with E-state index < -0.39 is 35.6 Å². The van der Waals surface area contributed by atoms with Gasteiger partial charge in [-0.25, -0.2) is 0 Å². The summed E-state index contributed by atoms with van der Waals surface area (Å²) in [6, 6.07) is 0. The molecule has 0 bridgehead atoms. The molecule has 0 radical (unpaired) electrons. The van der Waals surface area contributed by atoms with Gasteiger partial charge in [-0.3, -0.25) is 9.11 Å². The van der Waals surface area contributed by atoms with E-state index in [4.69, 9.17) is 4.55 Å². The summed E-state index contributed by atoms with van der Waals surface area (Å²) in [7, 11) is -8.57. The predicted octanol–water partition coefficient (Wildman–Crippen LogP) is 1.74. The molecule has 6 nitrogen and oxygen atoms in total. The molecule has 0 saturated carbocycles. The SMILES string of the molecule is CCC(C(C)(C)CC(C)(C)S(=O)(=O)O)S(=O)(=O)O. The molecule has 0 rings (SSSR count). The normalized spacial score (nSPS) is 16.6. The predicted molar refractivity (Wildman–Crippen MR) is 69.7 cm³/mol. The summed E-state index contributed by atoms with van der Waals surface area (Å²) < 4.78 is 61.9. The summed E-state index contributed by atoms with van der Waals surface area (Å²) in [5.74, 6) is 0. The largest absolute Gasteiger partial charge is 0.285 e. The van der Waals surface area contributed by atoms with Crippen LogP contribution in [0.1, 0.15) is 47.5 Å². The van der Waals surface area contributed by atoms with Crippen molar-refractivity contribution in [1.82, 2.24) is 0 Å². The van der Waals surface area contributed by atoms with Gasteiger partial charge < -0.3 is 0 Å². The monoisotopic (exact) mass is 302 g/mol. The maximum atomic E-state index is 11.3. The molecule has 0 aliphatic rings. The first kappa shape index (κ1) is 17.8. The van der Waals surface area contributed by atoms with Gasteiger partial charge in [0.2, 0.25) is 0 Å². The Bertz CT molecular complexity index is 486. The van der Waals surface area contributed by atoms with E-state index in [0.29, 0.717) is 0 Å². The van der Waals surface area contributed by atoms with E-state index >= 15 is 0 Å². The van der Waals surface area contributed by atoms with Gasteiger partial charge in [-0.1, -0.05) is 20.8 Å². The standard InChI is InChI=1S/C10H22O6S2/c1-6-8(17(11,12)13)9(2,3)7-10(4,5)18(14,15)16/h8H,6-7H2,1-5H3,(H,11,12,13)(H,14,15,16). The molecule has 0 aromatic heterocycles. The van der Waals surface area contributed by atoms with Crippen LogP contribution in [0.25, 0.3) is 0 Å². The van der Waals surface area contributed by atoms with Crippen LogP contribution >= 0.6 is 0 Å². The second-order valence-electron chi connectivity index (χ2n) is 5.81. The van der Waals surface area contributed by atoms with Crippen LogP contribution in [0, 0.1) is 5.41 Å². The molecule has 1 atom stereocenters. The Balaban J connectivity index is 5.43. The molecule has 110 valence electrons. The summed E-state index contributed by atoms with van der Waals surface area (Å²) >= 11 is 0. The third-order valence-corrected chi connectivity index (χ3v) is 6.41. The summed E-state index contributed by atoms with van der Waals surface area (Å²) in [6.45, 7) is 7.35. The Morgan fingerprint density at radius 1 is 1.00 bits per heavy atom. The van der Waals surface area contributed by atoms with Crippen molar-refractivity contribution >= 4 is 20.2 Å². The molecule has 0 aromatic carbocycles. The fourth-order valence-electron chi connectivity index (χ4n) is 2.47.